The van der Waals surface area contributed by atoms with E-state index in [1.807, 2.05) is 20.8 Å². The minimum atomic E-state index is -0.247. The van der Waals surface area contributed by atoms with Crippen LogP contribution in [0.25, 0.3) is 0 Å². The third-order valence-corrected chi connectivity index (χ3v) is 2.88. The Bertz CT molecular complexity index is 236. The molecular weight excluding hydrogens is 204 g/mol. The maximum absolute atomic E-state index is 11.5. The molecule has 2 atom stereocenters. The quantitative estimate of drug-likeness (QED) is 0.673. The molecule has 1 saturated carbocycles. The predicted molar refractivity (Wildman–Crippen MR) is 64.3 cm³/mol. The van der Waals surface area contributed by atoms with Crippen LogP contribution in [0.2, 0.25) is 0 Å². The summed E-state index contributed by atoms with van der Waals surface area (Å²) in [5, 5.41) is 15.4. The number of carbonyl (C=O) groups excluding carboxylic acids is 1. The van der Waals surface area contributed by atoms with E-state index in [0.29, 0.717) is 6.54 Å². The van der Waals surface area contributed by atoms with Crippen molar-refractivity contribution in [1.29, 1.82) is 0 Å². The molecule has 1 rings (SSSR count). The summed E-state index contributed by atoms with van der Waals surface area (Å²) in [5.74, 6) is 0.222. The molecule has 1 aliphatic rings. The van der Waals surface area contributed by atoms with Crippen LogP contribution in [0.1, 0.15) is 46.5 Å². The van der Waals surface area contributed by atoms with E-state index in [1.165, 1.54) is 0 Å². The highest BCUT2D eigenvalue weighted by Crippen LogP contribution is 2.23. The number of aliphatic hydroxyl groups is 1. The molecule has 94 valence electrons. The summed E-state index contributed by atoms with van der Waals surface area (Å²) in [6, 6.07) is -0.148. The SMILES string of the molecule is CC(C)(C)NC(=O)NCC1CCCCC1O. The second-order valence-corrected chi connectivity index (χ2v) is 5.70. The molecule has 1 fully saturated rings. The number of rotatable bonds is 2. The van der Waals surface area contributed by atoms with Gasteiger partial charge in [-0.3, -0.25) is 0 Å². The number of hydrogen-bond acceptors (Lipinski definition) is 2. The fourth-order valence-electron chi connectivity index (χ4n) is 2.03. The molecule has 0 spiro atoms. The van der Waals surface area contributed by atoms with Crippen molar-refractivity contribution >= 4 is 6.03 Å². The summed E-state index contributed by atoms with van der Waals surface area (Å²) in [5.41, 5.74) is -0.213. The number of carbonyl (C=O) groups is 1. The van der Waals surface area contributed by atoms with E-state index in [9.17, 15) is 9.90 Å². The molecule has 0 radical (unpaired) electrons. The maximum atomic E-state index is 11.5. The highest BCUT2D eigenvalue weighted by molar-refractivity contribution is 5.74. The summed E-state index contributed by atoms with van der Waals surface area (Å²) in [7, 11) is 0. The largest absolute Gasteiger partial charge is 0.393 e. The van der Waals surface area contributed by atoms with E-state index in [1.54, 1.807) is 0 Å². The fourth-order valence-corrected chi connectivity index (χ4v) is 2.03. The van der Waals surface area contributed by atoms with E-state index >= 15 is 0 Å². The minimum Gasteiger partial charge on any atom is -0.393 e. The highest BCUT2D eigenvalue weighted by Gasteiger charge is 2.23. The van der Waals surface area contributed by atoms with Gasteiger partial charge in [-0.15, -0.1) is 0 Å². The number of aliphatic hydroxyl groups excluding tert-OH is 1. The van der Waals surface area contributed by atoms with Gasteiger partial charge in [0.2, 0.25) is 0 Å². The second kappa shape index (κ2) is 5.53. The molecule has 0 saturated heterocycles. The molecule has 0 aromatic heterocycles. The van der Waals surface area contributed by atoms with Gasteiger partial charge in [0.1, 0.15) is 0 Å². The van der Waals surface area contributed by atoms with Crippen LogP contribution in [0.3, 0.4) is 0 Å². The first-order chi connectivity index (χ1) is 7.38. The lowest BCUT2D eigenvalue weighted by Gasteiger charge is -2.28. The number of urea groups is 1. The average molecular weight is 228 g/mol. The third-order valence-electron chi connectivity index (χ3n) is 2.88. The molecule has 2 amide bonds. The number of amides is 2. The molecular formula is C12H24N2O2. The fraction of sp³-hybridized carbons (Fsp3) is 0.917. The highest BCUT2D eigenvalue weighted by atomic mass is 16.3. The normalized spacial score (nSPS) is 26.2. The molecule has 16 heavy (non-hydrogen) atoms. The lowest BCUT2D eigenvalue weighted by Crippen LogP contribution is -2.48. The van der Waals surface area contributed by atoms with E-state index < -0.39 is 0 Å². The maximum Gasteiger partial charge on any atom is 0.315 e. The van der Waals surface area contributed by atoms with Gasteiger partial charge in [-0.25, -0.2) is 4.79 Å². The Morgan fingerprint density at radius 1 is 1.31 bits per heavy atom. The van der Waals surface area contributed by atoms with Gasteiger partial charge in [-0.2, -0.15) is 0 Å². The Hall–Kier alpha value is -0.770. The molecule has 0 aliphatic heterocycles. The van der Waals surface area contributed by atoms with Gasteiger partial charge in [0.15, 0.2) is 0 Å². The topological polar surface area (TPSA) is 61.4 Å². The molecule has 0 aromatic carbocycles. The molecule has 2 unspecified atom stereocenters. The average Bonchev–Trinajstić information content (AvgIpc) is 2.14. The minimum absolute atomic E-state index is 0.148. The van der Waals surface area contributed by atoms with Crippen molar-refractivity contribution in [1.82, 2.24) is 10.6 Å². The van der Waals surface area contributed by atoms with Crippen molar-refractivity contribution in [2.75, 3.05) is 6.54 Å². The van der Waals surface area contributed by atoms with Crippen molar-refractivity contribution in [3.05, 3.63) is 0 Å². The summed E-state index contributed by atoms with van der Waals surface area (Å²) in [4.78, 5) is 11.5. The first-order valence-corrected chi connectivity index (χ1v) is 6.12. The van der Waals surface area contributed by atoms with Crippen molar-refractivity contribution in [2.24, 2.45) is 5.92 Å². The van der Waals surface area contributed by atoms with Crippen molar-refractivity contribution < 1.29 is 9.90 Å². The molecule has 1 aliphatic carbocycles. The van der Waals surface area contributed by atoms with Crippen LogP contribution in [0.4, 0.5) is 4.79 Å². The summed E-state index contributed by atoms with van der Waals surface area (Å²) in [6.07, 6.45) is 3.89. The Labute approximate surface area is 97.8 Å². The van der Waals surface area contributed by atoms with Gasteiger partial charge >= 0.3 is 6.03 Å². The molecule has 0 heterocycles. The van der Waals surface area contributed by atoms with E-state index in [2.05, 4.69) is 10.6 Å². The first kappa shape index (κ1) is 13.3. The van der Waals surface area contributed by atoms with Gasteiger partial charge in [0.05, 0.1) is 6.10 Å². The standard InChI is InChI=1S/C12H24N2O2/c1-12(2,3)14-11(16)13-8-9-6-4-5-7-10(9)15/h9-10,15H,4-8H2,1-3H3,(H2,13,14,16). The van der Waals surface area contributed by atoms with Crippen molar-refractivity contribution in [3.8, 4) is 0 Å². The van der Waals surface area contributed by atoms with Gasteiger partial charge < -0.3 is 15.7 Å². The van der Waals surface area contributed by atoms with Gasteiger partial charge in [-0.1, -0.05) is 12.8 Å². The van der Waals surface area contributed by atoms with Crippen molar-refractivity contribution in [3.63, 3.8) is 0 Å². The number of nitrogens with one attached hydrogen (secondary N) is 2. The van der Waals surface area contributed by atoms with Crippen LogP contribution in [0.15, 0.2) is 0 Å². The molecule has 0 aromatic rings. The summed E-state index contributed by atoms with van der Waals surface area (Å²) in [6.45, 7) is 6.41. The van der Waals surface area contributed by atoms with Crippen LogP contribution in [-0.4, -0.2) is 29.3 Å². The third kappa shape index (κ3) is 4.84. The smallest absolute Gasteiger partial charge is 0.315 e. The first-order valence-electron chi connectivity index (χ1n) is 6.12. The van der Waals surface area contributed by atoms with Crippen LogP contribution >= 0.6 is 0 Å². The van der Waals surface area contributed by atoms with E-state index in [-0.39, 0.29) is 23.6 Å². The molecule has 4 nitrogen and oxygen atoms in total. The zero-order valence-corrected chi connectivity index (χ0v) is 10.5. The van der Waals surface area contributed by atoms with Crippen LogP contribution in [0, 0.1) is 5.92 Å². The van der Waals surface area contributed by atoms with Gasteiger partial charge in [0.25, 0.3) is 0 Å². The second-order valence-electron chi connectivity index (χ2n) is 5.70. The predicted octanol–water partition coefficient (Wildman–Crippen LogP) is 1.64. The van der Waals surface area contributed by atoms with Crippen LogP contribution in [-0.2, 0) is 0 Å². The summed E-state index contributed by atoms with van der Waals surface area (Å²) < 4.78 is 0. The molecule has 4 heteroatoms. The Balaban J connectivity index is 2.25. The molecule has 0 bridgehead atoms. The van der Waals surface area contributed by atoms with Crippen LogP contribution < -0.4 is 10.6 Å². The van der Waals surface area contributed by atoms with E-state index in [4.69, 9.17) is 0 Å². The van der Waals surface area contributed by atoms with Gasteiger partial charge in [-0.05, 0) is 33.6 Å². The lowest BCUT2D eigenvalue weighted by molar-refractivity contribution is 0.0708. The van der Waals surface area contributed by atoms with Crippen LogP contribution in [0.5, 0.6) is 0 Å². The monoisotopic (exact) mass is 228 g/mol. The Kier molecular flexibility index (Phi) is 4.59. The van der Waals surface area contributed by atoms with Gasteiger partial charge in [0, 0.05) is 18.0 Å². The zero-order chi connectivity index (χ0) is 12.2. The zero-order valence-electron chi connectivity index (χ0n) is 10.5. The Morgan fingerprint density at radius 3 is 2.50 bits per heavy atom. The Morgan fingerprint density at radius 2 is 1.94 bits per heavy atom. The van der Waals surface area contributed by atoms with E-state index in [0.717, 1.165) is 25.7 Å². The number of hydrogen-bond donors (Lipinski definition) is 3. The summed E-state index contributed by atoms with van der Waals surface area (Å²) >= 11 is 0. The lowest BCUT2D eigenvalue weighted by atomic mass is 9.86. The molecule has 3 N–H and O–H groups in total. The van der Waals surface area contributed by atoms with Crippen molar-refractivity contribution in [2.45, 2.75) is 58.1 Å².